The Bertz CT molecular complexity index is 94.0. The smallest absolute Gasteiger partial charge is 0.736 e. The van der Waals surface area contributed by atoms with E-state index in [-0.39, 0.29) is 25.8 Å². The Labute approximate surface area is 54.4 Å². The van der Waals surface area contributed by atoms with Crippen LogP contribution in [-0.4, -0.2) is 38.8 Å². The van der Waals surface area contributed by atoms with Crippen LogP contribution in [0.3, 0.4) is 0 Å². The molecule has 0 saturated carbocycles. The van der Waals surface area contributed by atoms with Gasteiger partial charge in [0.25, 0.3) is 0 Å². The quantitative estimate of drug-likeness (QED) is 0.471. The molecule has 6 heavy (non-hydrogen) atoms. The van der Waals surface area contributed by atoms with Gasteiger partial charge in [0.2, 0.25) is 0 Å². The van der Waals surface area contributed by atoms with Crippen molar-refractivity contribution in [2.45, 2.75) is 0 Å². The van der Waals surface area contributed by atoms with E-state index in [1.807, 2.05) is 0 Å². The van der Waals surface area contributed by atoms with Crippen LogP contribution in [0.1, 0.15) is 0 Å². The first-order valence-electron chi connectivity index (χ1n) is 0.736. The van der Waals surface area contributed by atoms with Gasteiger partial charge in [0.1, 0.15) is 0 Å². The first-order chi connectivity index (χ1) is 2.00. The molecule has 0 spiro atoms. The Balaban J connectivity index is 0. The summed E-state index contributed by atoms with van der Waals surface area (Å²) in [7, 11) is -4.42. The van der Waals surface area contributed by atoms with Crippen LogP contribution in [0.5, 0.6) is 0 Å². The second kappa shape index (κ2) is 2.84. The fourth-order valence-corrected chi connectivity index (χ4v) is 0. The average molecular weight is 211 g/mol. The maximum Gasteiger partial charge on any atom is 1.00 e. The third-order valence-corrected chi connectivity index (χ3v) is 0. The average Bonchev–Trinajstić information content (AvgIpc) is 0.722. The molecule has 0 heterocycles. The van der Waals surface area contributed by atoms with Gasteiger partial charge in [-0.15, -0.1) is 0 Å². The summed E-state index contributed by atoms with van der Waals surface area (Å²) in [6.45, 7) is 0. The minimum Gasteiger partial charge on any atom is -0.736 e. The van der Waals surface area contributed by atoms with Gasteiger partial charge in [-0.3, -0.25) is 0 Å². The second-order valence-electron chi connectivity index (χ2n) is 0.493. The zero-order chi connectivity index (χ0) is 4.50. The number of hydrogen-bond acceptors (Lipinski definition) is 3. The summed E-state index contributed by atoms with van der Waals surface area (Å²) in [6.07, 6.45) is 0. The van der Waals surface area contributed by atoms with Gasteiger partial charge in [-0.2, -0.15) is 0 Å². The van der Waals surface area contributed by atoms with E-state index in [2.05, 4.69) is 5.14 Å². The van der Waals surface area contributed by atoms with Gasteiger partial charge in [0.05, 0.1) is 0 Å². The molecule has 0 atom stereocenters. The summed E-state index contributed by atoms with van der Waals surface area (Å²) in [5, 5.41) is 3.77. The first kappa shape index (κ1) is 9.88. The monoisotopic (exact) mass is 211 g/mol. The zero-order valence-corrected chi connectivity index (χ0v) is 6.90. The maximum atomic E-state index is 8.85. The molecule has 0 amide bonds. The molecule has 0 saturated heterocycles. The van der Waals surface area contributed by atoms with E-state index in [9.17, 15) is 0 Å². The summed E-state index contributed by atoms with van der Waals surface area (Å²) in [4.78, 5) is 0. The van der Waals surface area contributed by atoms with Crippen LogP contribution < -0.4 is 5.14 Å². The molecule has 0 unspecified atom stereocenters. The van der Waals surface area contributed by atoms with Crippen molar-refractivity contribution in [3.8, 4) is 0 Å². The maximum absolute atomic E-state index is 8.85. The van der Waals surface area contributed by atoms with Crippen molar-refractivity contribution >= 4 is 36.1 Å². The third-order valence-electron chi connectivity index (χ3n) is 0. The molecule has 0 aliphatic rings. The number of rotatable bonds is 0. The molecule has 6 heteroatoms. The van der Waals surface area contributed by atoms with E-state index >= 15 is 0 Å². The Hall–Kier alpha value is 0.740. The van der Waals surface area contributed by atoms with E-state index in [4.69, 9.17) is 13.0 Å². The Kier molecular flexibility index (Phi) is 4.68. The van der Waals surface area contributed by atoms with Crippen LogP contribution >= 0.6 is 0 Å². The fraction of sp³-hybridized carbons (Fsp3) is 0. The molecule has 0 aromatic rings. The van der Waals surface area contributed by atoms with E-state index < -0.39 is 10.3 Å². The van der Waals surface area contributed by atoms with Gasteiger partial charge in [-0.05, 0) is 0 Å². The van der Waals surface area contributed by atoms with Gasteiger partial charge in [0, 0.05) is 0 Å². The summed E-state index contributed by atoms with van der Waals surface area (Å²) in [5.74, 6) is 0. The predicted octanol–water partition coefficient (Wildman–Crippen LogP) is -1.98. The van der Waals surface area contributed by atoms with E-state index in [1.165, 1.54) is 0 Å². The predicted molar refractivity (Wildman–Crippen MR) is 19.6 cm³/mol. The number of nitrogens with two attached hydrogens (primary N) is 1. The zero-order valence-electron chi connectivity index (χ0n) is 2.79. The molecule has 0 rings (SSSR count). The van der Waals surface area contributed by atoms with Crippen LogP contribution in [0, 0.1) is 0 Å². The van der Waals surface area contributed by atoms with Crippen LogP contribution in [0.15, 0.2) is 0 Å². The summed E-state index contributed by atoms with van der Waals surface area (Å²) >= 11 is 0. The molecule has 0 aliphatic carbocycles. The van der Waals surface area contributed by atoms with E-state index in [1.54, 1.807) is 0 Å². The van der Waals surface area contributed by atoms with Gasteiger partial charge < -0.3 is 4.55 Å². The molecular formula is H2InNO3S. The molecule has 2 radical (unpaired) electrons. The minimum atomic E-state index is -4.42. The van der Waals surface area contributed by atoms with Gasteiger partial charge in [-0.25, -0.2) is 13.6 Å². The van der Waals surface area contributed by atoms with Gasteiger partial charge >= 0.3 is 25.8 Å². The molecule has 34 valence electrons. The molecule has 4 nitrogen and oxygen atoms in total. The second-order valence-corrected chi connectivity index (χ2v) is 1.48. The Morgan fingerprint density at radius 2 is 1.50 bits per heavy atom. The van der Waals surface area contributed by atoms with Gasteiger partial charge in [-0.1, -0.05) is 0 Å². The molecule has 2 N–H and O–H groups in total. The first-order valence-corrected chi connectivity index (χ1v) is 2.21. The van der Waals surface area contributed by atoms with Gasteiger partial charge in [0.15, 0.2) is 10.3 Å². The van der Waals surface area contributed by atoms with Crippen molar-refractivity contribution in [1.29, 1.82) is 0 Å². The molecule has 0 aromatic carbocycles. The van der Waals surface area contributed by atoms with Crippen molar-refractivity contribution in [3.05, 3.63) is 0 Å². The van der Waals surface area contributed by atoms with Crippen molar-refractivity contribution in [3.63, 3.8) is 0 Å². The van der Waals surface area contributed by atoms with Crippen LogP contribution in [0.4, 0.5) is 0 Å². The Morgan fingerprint density at radius 3 is 1.50 bits per heavy atom. The Morgan fingerprint density at radius 1 is 1.50 bits per heavy atom. The van der Waals surface area contributed by atoms with E-state index in [0.29, 0.717) is 0 Å². The molecule has 0 bridgehead atoms. The topological polar surface area (TPSA) is 83.2 Å². The standard InChI is InChI=1S/In.H3NO3S/c;1-5(2,3)4/h;(H3,1,2,3,4)/q+1;/p-1. The van der Waals surface area contributed by atoms with Crippen molar-refractivity contribution in [2.24, 2.45) is 5.14 Å². The summed E-state index contributed by atoms with van der Waals surface area (Å²) < 4.78 is 26.6. The third kappa shape index (κ3) is 121. The van der Waals surface area contributed by atoms with Crippen molar-refractivity contribution < 1.29 is 13.0 Å². The molecule has 0 aliphatic heterocycles. The molecular weight excluding hydrogens is 209 g/mol. The van der Waals surface area contributed by atoms with Crippen LogP contribution in [0.2, 0.25) is 0 Å². The molecule has 0 aromatic heterocycles. The summed E-state index contributed by atoms with van der Waals surface area (Å²) in [5.41, 5.74) is 0. The SMILES string of the molecule is NS(=O)(=O)[O-].[In+]. The number of hydrogen-bond donors (Lipinski definition) is 1. The largest absolute Gasteiger partial charge is 1.00 e. The van der Waals surface area contributed by atoms with Crippen molar-refractivity contribution in [2.75, 3.05) is 0 Å². The normalized spacial score (nSPS) is 9.67. The summed E-state index contributed by atoms with van der Waals surface area (Å²) in [6, 6.07) is 0. The fourth-order valence-electron chi connectivity index (χ4n) is 0. The van der Waals surface area contributed by atoms with E-state index in [0.717, 1.165) is 0 Å². The minimum absolute atomic E-state index is 0. The molecule has 0 fully saturated rings. The van der Waals surface area contributed by atoms with Crippen LogP contribution in [0.25, 0.3) is 0 Å². The van der Waals surface area contributed by atoms with Crippen LogP contribution in [-0.2, 0) is 10.3 Å². The van der Waals surface area contributed by atoms with Crippen molar-refractivity contribution in [1.82, 2.24) is 0 Å².